The molecule has 0 unspecified atom stereocenters. The topological polar surface area (TPSA) is 77.5 Å². The van der Waals surface area contributed by atoms with Crippen molar-refractivity contribution in [3.8, 4) is 0 Å². The van der Waals surface area contributed by atoms with Crippen molar-refractivity contribution in [1.82, 2.24) is 4.57 Å². The number of carbonyl (C=O) groups is 1. The van der Waals surface area contributed by atoms with E-state index < -0.39 is 10.8 Å². The third kappa shape index (κ3) is 3.74. The number of thiazole rings is 1. The fourth-order valence-electron chi connectivity index (χ4n) is 2.47. The molecule has 132 valence electrons. The van der Waals surface area contributed by atoms with Crippen LogP contribution in [0, 0.1) is 10.1 Å². The van der Waals surface area contributed by atoms with Crippen LogP contribution in [0.1, 0.15) is 12.5 Å². The Hall–Kier alpha value is -2.77. The number of halogens is 1. The molecule has 3 rings (SSSR count). The minimum absolute atomic E-state index is 0.00399. The minimum Gasteiger partial charge on any atom is -0.315 e. The largest absolute Gasteiger partial charge is 0.315 e. The molecule has 0 fully saturated rings. The van der Waals surface area contributed by atoms with Gasteiger partial charge in [-0.2, -0.15) is 4.99 Å². The van der Waals surface area contributed by atoms with Gasteiger partial charge < -0.3 is 4.57 Å². The first kappa shape index (κ1) is 18.0. The molecule has 26 heavy (non-hydrogen) atoms. The molecule has 0 spiro atoms. The van der Waals surface area contributed by atoms with Crippen LogP contribution in [0.3, 0.4) is 0 Å². The summed E-state index contributed by atoms with van der Waals surface area (Å²) >= 11 is 7.66. The number of fused-ring (bicyclic) bond motifs is 1. The zero-order valence-corrected chi connectivity index (χ0v) is 15.3. The number of hydrogen-bond acceptors (Lipinski definition) is 4. The molecule has 0 saturated heterocycles. The van der Waals surface area contributed by atoms with Crippen molar-refractivity contribution in [2.24, 2.45) is 4.99 Å². The van der Waals surface area contributed by atoms with E-state index in [1.54, 1.807) is 18.2 Å². The van der Waals surface area contributed by atoms with Gasteiger partial charge in [0.1, 0.15) is 0 Å². The molecule has 0 atom stereocenters. The maximum absolute atomic E-state index is 12.2. The summed E-state index contributed by atoms with van der Waals surface area (Å²) in [6.45, 7) is 2.60. The van der Waals surface area contributed by atoms with Crippen molar-refractivity contribution in [2.75, 3.05) is 0 Å². The highest BCUT2D eigenvalue weighted by atomic mass is 35.5. The number of hydrogen-bond donors (Lipinski definition) is 0. The van der Waals surface area contributed by atoms with E-state index in [2.05, 4.69) is 4.99 Å². The van der Waals surface area contributed by atoms with E-state index in [0.717, 1.165) is 10.2 Å². The van der Waals surface area contributed by atoms with Crippen molar-refractivity contribution in [1.29, 1.82) is 0 Å². The molecule has 0 radical (unpaired) electrons. The highest BCUT2D eigenvalue weighted by Crippen LogP contribution is 2.25. The summed E-state index contributed by atoms with van der Waals surface area (Å²) in [5, 5.41) is 11.3. The summed E-state index contributed by atoms with van der Waals surface area (Å²) in [4.78, 5) is 27.1. The number of nitro benzene ring substituents is 1. The summed E-state index contributed by atoms with van der Waals surface area (Å²) in [5.41, 5.74) is 1.55. The standard InChI is InChI=1S/C18H14ClN3O3S/c1-2-21-17-14(19)4-3-5-15(17)26-18(21)20-16(23)11-8-12-6-9-13(10-7-12)22(24)25/h3-11H,2H2,1H3. The predicted molar refractivity (Wildman–Crippen MR) is 103 cm³/mol. The molecule has 0 saturated carbocycles. The fourth-order valence-corrected chi connectivity index (χ4v) is 3.93. The van der Waals surface area contributed by atoms with Crippen LogP contribution in [0.25, 0.3) is 16.3 Å². The quantitative estimate of drug-likeness (QED) is 0.377. The number of benzene rings is 2. The van der Waals surface area contributed by atoms with Crippen LogP contribution in [0.5, 0.6) is 0 Å². The Balaban J connectivity index is 1.90. The van der Waals surface area contributed by atoms with Gasteiger partial charge in [-0.05, 0) is 42.8 Å². The van der Waals surface area contributed by atoms with E-state index in [1.165, 1.54) is 29.5 Å². The zero-order chi connectivity index (χ0) is 18.7. The Morgan fingerprint density at radius 1 is 1.31 bits per heavy atom. The van der Waals surface area contributed by atoms with Crippen molar-refractivity contribution >= 4 is 50.8 Å². The van der Waals surface area contributed by atoms with Crippen LogP contribution >= 0.6 is 22.9 Å². The lowest BCUT2D eigenvalue weighted by atomic mass is 10.2. The lowest BCUT2D eigenvalue weighted by molar-refractivity contribution is -0.384. The number of nitro groups is 1. The van der Waals surface area contributed by atoms with Crippen LogP contribution in [0.2, 0.25) is 5.02 Å². The predicted octanol–water partition coefficient (Wildman–Crippen LogP) is 4.43. The van der Waals surface area contributed by atoms with E-state index in [-0.39, 0.29) is 5.69 Å². The van der Waals surface area contributed by atoms with Crippen LogP contribution in [0.15, 0.2) is 53.5 Å². The number of rotatable bonds is 4. The number of amides is 1. The Bertz CT molecular complexity index is 1080. The Kier molecular flexibility index (Phi) is 5.29. The van der Waals surface area contributed by atoms with E-state index >= 15 is 0 Å². The monoisotopic (exact) mass is 387 g/mol. The molecular formula is C18H14ClN3O3S. The summed E-state index contributed by atoms with van der Waals surface area (Å²) in [6, 6.07) is 11.5. The maximum atomic E-state index is 12.2. The minimum atomic E-state index is -0.468. The second kappa shape index (κ2) is 7.63. The number of para-hydroxylation sites is 1. The lowest BCUT2D eigenvalue weighted by Gasteiger charge is -2.01. The molecule has 0 bridgehead atoms. The number of aromatic nitrogens is 1. The van der Waals surface area contributed by atoms with Crippen molar-refractivity contribution in [3.63, 3.8) is 0 Å². The third-order valence-electron chi connectivity index (χ3n) is 3.70. The van der Waals surface area contributed by atoms with Gasteiger partial charge in [0.05, 0.1) is 20.2 Å². The van der Waals surface area contributed by atoms with E-state index in [9.17, 15) is 14.9 Å². The summed E-state index contributed by atoms with van der Waals surface area (Å²) in [7, 11) is 0. The molecule has 8 heteroatoms. The molecule has 6 nitrogen and oxygen atoms in total. The maximum Gasteiger partial charge on any atom is 0.272 e. The molecular weight excluding hydrogens is 374 g/mol. The van der Waals surface area contributed by atoms with Crippen LogP contribution in [0.4, 0.5) is 5.69 Å². The highest BCUT2D eigenvalue weighted by molar-refractivity contribution is 7.16. The fraction of sp³-hybridized carbons (Fsp3) is 0.111. The summed E-state index contributed by atoms with van der Waals surface area (Å²) < 4.78 is 2.87. The van der Waals surface area contributed by atoms with Gasteiger partial charge in [-0.3, -0.25) is 14.9 Å². The Morgan fingerprint density at radius 3 is 2.69 bits per heavy atom. The van der Waals surface area contributed by atoms with Gasteiger partial charge >= 0.3 is 0 Å². The zero-order valence-electron chi connectivity index (χ0n) is 13.8. The van der Waals surface area contributed by atoms with Gasteiger partial charge in [0.25, 0.3) is 11.6 Å². The summed E-state index contributed by atoms with van der Waals surface area (Å²) in [5.74, 6) is -0.409. The average molecular weight is 388 g/mol. The number of nitrogens with zero attached hydrogens (tertiary/aromatic N) is 3. The SMILES string of the molecule is CCn1c(=NC(=O)C=Cc2ccc([N+](=O)[O-])cc2)sc2cccc(Cl)c21. The van der Waals surface area contributed by atoms with Gasteiger partial charge in [-0.1, -0.05) is 29.0 Å². The van der Waals surface area contributed by atoms with E-state index in [1.807, 2.05) is 29.7 Å². The molecule has 3 aromatic rings. The molecule has 1 aromatic heterocycles. The third-order valence-corrected chi connectivity index (χ3v) is 5.04. The first-order chi connectivity index (χ1) is 12.5. The van der Waals surface area contributed by atoms with Crippen LogP contribution in [-0.4, -0.2) is 15.4 Å². The molecule has 2 aromatic carbocycles. The smallest absolute Gasteiger partial charge is 0.272 e. The van der Waals surface area contributed by atoms with Gasteiger partial charge in [-0.15, -0.1) is 0 Å². The molecule has 0 N–H and O–H groups in total. The van der Waals surface area contributed by atoms with Gasteiger partial charge in [0, 0.05) is 24.8 Å². The Morgan fingerprint density at radius 2 is 2.04 bits per heavy atom. The van der Waals surface area contributed by atoms with Crippen LogP contribution < -0.4 is 4.80 Å². The average Bonchev–Trinajstić information content (AvgIpc) is 2.98. The molecule has 1 amide bonds. The van der Waals surface area contributed by atoms with E-state index in [4.69, 9.17) is 11.6 Å². The molecule has 0 aliphatic carbocycles. The normalized spacial score (nSPS) is 12.2. The Labute approximate surface area is 157 Å². The van der Waals surface area contributed by atoms with Gasteiger partial charge in [-0.25, -0.2) is 0 Å². The second-order valence-corrected chi connectivity index (χ2v) is 6.76. The van der Waals surface area contributed by atoms with Crippen molar-refractivity contribution in [2.45, 2.75) is 13.5 Å². The highest BCUT2D eigenvalue weighted by Gasteiger charge is 2.09. The first-order valence-corrected chi connectivity index (χ1v) is 8.98. The number of aryl methyl sites for hydroxylation is 1. The first-order valence-electron chi connectivity index (χ1n) is 7.78. The van der Waals surface area contributed by atoms with E-state index in [0.29, 0.717) is 21.9 Å². The van der Waals surface area contributed by atoms with Gasteiger partial charge in [0.15, 0.2) is 4.80 Å². The number of non-ortho nitro benzene ring substituents is 1. The van der Waals surface area contributed by atoms with Crippen molar-refractivity contribution in [3.05, 3.63) is 74.0 Å². The summed E-state index contributed by atoms with van der Waals surface area (Å²) in [6.07, 6.45) is 2.92. The molecule has 0 aliphatic rings. The van der Waals surface area contributed by atoms with Gasteiger partial charge in [0.2, 0.25) is 0 Å². The lowest BCUT2D eigenvalue weighted by Crippen LogP contribution is -2.15. The molecule has 1 heterocycles. The van der Waals surface area contributed by atoms with Crippen molar-refractivity contribution < 1.29 is 9.72 Å². The second-order valence-electron chi connectivity index (χ2n) is 5.35. The number of carbonyl (C=O) groups excluding carboxylic acids is 1. The van der Waals surface area contributed by atoms with Crippen LogP contribution in [-0.2, 0) is 11.3 Å². The molecule has 0 aliphatic heterocycles.